The average molecular weight is 766 g/mol. The zero-order chi connectivity index (χ0) is 40.7. The maximum Gasteiger partial charge on any atom is 0.306 e. The van der Waals surface area contributed by atoms with Gasteiger partial charge in [0.05, 0.1) is 40.3 Å². The summed E-state index contributed by atoms with van der Waals surface area (Å²) >= 11 is 0. The molecule has 0 N–H and O–H groups in total. The van der Waals surface area contributed by atoms with Gasteiger partial charge in [-0.3, -0.25) is 9.59 Å². The molecule has 0 heterocycles. The van der Waals surface area contributed by atoms with Crippen LogP contribution in [-0.4, -0.2) is 75.5 Å². The summed E-state index contributed by atoms with van der Waals surface area (Å²) in [5.74, 6) is -1.86. The summed E-state index contributed by atoms with van der Waals surface area (Å²) in [4.78, 5) is 36.7. The third kappa shape index (κ3) is 35.7. The number of carboxylic acids is 1. The molecule has 0 radical (unpaired) electrons. The number of esters is 2. The summed E-state index contributed by atoms with van der Waals surface area (Å²) in [7, 11) is 5.36. The highest BCUT2D eigenvalue weighted by Crippen LogP contribution is 2.11. The van der Waals surface area contributed by atoms with Crippen molar-refractivity contribution in [2.45, 2.75) is 142 Å². The predicted molar refractivity (Wildman–Crippen MR) is 226 cm³/mol. The van der Waals surface area contributed by atoms with Crippen LogP contribution in [0.2, 0.25) is 0 Å². The van der Waals surface area contributed by atoms with Crippen LogP contribution in [0.5, 0.6) is 0 Å². The van der Waals surface area contributed by atoms with E-state index >= 15 is 0 Å². The van der Waals surface area contributed by atoms with Crippen molar-refractivity contribution in [3.05, 3.63) is 97.2 Å². The molecule has 55 heavy (non-hydrogen) atoms. The Morgan fingerprint density at radius 2 is 0.982 bits per heavy atom. The minimum Gasteiger partial charge on any atom is -0.544 e. The van der Waals surface area contributed by atoms with E-state index in [1.807, 2.05) is 0 Å². The molecule has 2 unspecified atom stereocenters. The Labute approximate surface area is 335 Å². The quantitative estimate of drug-likeness (QED) is 0.0274. The molecule has 8 nitrogen and oxygen atoms in total. The van der Waals surface area contributed by atoms with Gasteiger partial charge < -0.3 is 28.6 Å². The van der Waals surface area contributed by atoms with Gasteiger partial charge in [-0.05, 0) is 83.5 Å². The van der Waals surface area contributed by atoms with Crippen molar-refractivity contribution in [1.29, 1.82) is 0 Å². The number of likely N-dealkylation sites (N-methyl/N-ethyl adjacent to an activating group) is 1. The number of ether oxygens (including phenoxy) is 3. The number of allylic oxidation sites excluding steroid dienone is 16. The largest absolute Gasteiger partial charge is 0.544 e. The molecular weight excluding hydrogens is 691 g/mol. The Morgan fingerprint density at radius 1 is 0.545 bits per heavy atom. The van der Waals surface area contributed by atoms with Crippen molar-refractivity contribution >= 4 is 17.9 Å². The van der Waals surface area contributed by atoms with Gasteiger partial charge in [-0.25, -0.2) is 0 Å². The molecule has 0 spiro atoms. The van der Waals surface area contributed by atoms with Gasteiger partial charge in [0.1, 0.15) is 12.6 Å². The molecule has 0 amide bonds. The first-order valence-electron chi connectivity index (χ1n) is 20.8. The van der Waals surface area contributed by atoms with Gasteiger partial charge in [0, 0.05) is 19.3 Å². The van der Waals surface area contributed by atoms with Gasteiger partial charge in [-0.2, -0.15) is 0 Å². The highest BCUT2D eigenvalue weighted by molar-refractivity contribution is 5.70. The molecule has 0 aliphatic rings. The van der Waals surface area contributed by atoms with Gasteiger partial charge in [0.15, 0.2) is 6.10 Å². The molecule has 0 saturated heterocycles. The molecule has 0 saturated carbocycles. The van der Waals surface area contributed by atoms with E-state index in [1.54, 1.807) is 21.1 Å². The maximum atomic E-state index is 12.6. The zero-order valence-corrected chi connectivity index (χ0v) is 35.0. The van der Waals surface area contributed by atoms with Gasteiger partial charge in [0.2, 0.25) is 0 Å². The SMILES string of the molecule is CC/C=C/C/C=C/C/C=C/C/C=C/C/C=C/CCCCCCC(=O)OCC(COCCC(C(=O)[O-])[N+](C)(C)C)OC(=O)CCC/C=C/C/C=C/C/C=C/CC. The Morgan fingerprint density at radius 3 is 1.45 bits per heavy atom. The van der Waals surface area contributed by atoms with Crippen LogP contribution >= 0.6 is 0 Å². The summed E-state index contributed by atoms with van der Waals surface area (Å²) in [6.07, 6.45) is 48.8. The summed E-state index contributed by atoms with van der Waals surface area (Å²) < 4.78 is 17.0. The second-order valence-corrected chi connectivity index (χ2v) is 14.5. The number of carbonyl (C=O) groups is 3. The number of nitrogens with zero attached hydrogens (tertiary/aromatic N) is 1. The standard InChI is InChI=1S/C47H75NO7/c1-6-8-10-12-14-16-18-19-20-21-22-23-24-25-26-28-29-31-33-35-37-45(49)54-42-43(41-53-40-39-44(47(51)52)48(3,4)5)55-46(50)38-36-34-32-30-27-17-15-13-11-9-7-2/h8-11,14-17,19-20,22-23,25-26,30,32,43-44H,6-7,12-13,18,21,24,27-29,31,33-42H2,1-5H3/b10-8+,11-9+,16-14+,17-15+,20-19+,23-22+,26-25+,32-30+. The minimum absolute atomic E-state index is 0.00537. The summed E-state index contributed by atoms with van der Waals surface area (Å²) in [6.45, 7) is 4.31. The molecule has 310 valence electrons. The van der Waals surface area contributed by atoms with E-state index in [-0.39, 0.29) is 49.1 Å². The molecule has 0 aromatic rings. The number of carboxylic acid groups (broad SMARTS) is 1. The number of hydrogen-bond donors (Lipinski definition) is 0. The van der Waals surface area contributed by atoms with Crippen LogP contribution in [0, 0.1) is 0 Å². The van der Waals surface area contributed by atoms with Crippen molar-refractivity contribution in [2.24, 2.45) is 0 Å². The second-order valence-electron chi connectivity index (χ2n) is 14.5. The number of rotatable bonds is 35. The third-order valence-electron chi connectivity index (χ3n) is 8.47. The van der Waals surface area contributed by atoms with E-state index in [0.29, 0.717) is 12.8 Å². The molecule has 0 aromatic heterocycles. The first-order valence-corrected chi connectivity index (χ1v) is 20.8. The average Bonchev–Trinajstić information content (AvgIpc) is 3.14. The number of aliphatic carboxylic acids is 1. The number of carbonyl (C=O) groups excluding carboxylic acids is 3. The van der Waals surface area contributed by atoms with E-state index in [4.69, 9.17) is 14.2 Å². The van der Waals surface area contributed by atoms with E-state index in [2.05, 4.69) is 111 Å². The van der Waals surface area contributed by atoms with Gasteiger partial charge in [0.25, 0.3) is 0 Å². The first-order chi connectivity index (χ1) is 26.6. The van der Waals surface area contributed by atoms with E-state index in [1.165, 1.54) is 0 Å². The van der Waals surface area contributed by atoms with E-state index in [9.17, 15) is 19.5 Å². The lowest BCUT2D eigenvalue weighted by Gasteiger charge is -2.34. The fourth-order valence-corrected chi connectivity index (χ4v) is 5.29. The van der Waals surface area contributed by atoms with E-state index in [0.717, 1.165) is 89.9 Å². The minimum atomic E-state index is -1.14. The van der Waals surface area contributed by atoms with E-state index < -0.39 is 18.1 Å². The molecule has 0 fully saturated rings. The molecule has 0 aliphatic carbocycles. The smallest absolute Gasteiger partial charge is 0.306 e. The van der Waals surface area contributed by atoms with Crippen molar-refractivity contribution in [1.82, 2.24) is 0 Å². The molecule has 0 aromatic carbocycles. The Bertz CT molecular complexity index is 1220. The lowest BCUT2D eigenvalue weighted by Crippen LogP contribution is -2.55. The Kier molecular flexibility index (Phi) is 34.7. The van der Waals surface area contributed by atoms with Crippen LogP contribution < -0.4 is 5.11 Å². The topological polar surface area (TPSA) is 102 Å². The molecule has 2 atom stereocenters. The zero-order valence-electron chi connectivity index (χ0n) is 35.0. The molecule has 0 bridgehead atoms. The highest BCUT2D eigenvalue weighted by Gasteiger charge is 2.25. The second kappa shape index (κ2) is 37.2. The predicted octanol–water partition coefficient (Wildman–Crippen LogP) is 9.79. The number of quaternary nitrogens is 1. The first kappa shape index (κ1) is 51.2. The summed E-state index contributed by atoms with van der Waals surface area (Å²) in [5.41, 5.74) is 0. The maximum absolute atomic E-state index is 12.6. The third-order valence-corrected chi connectivity index (χ3v) is 8.47. The van der Waals surface area contributed by atoms with Crippen LogP contribution in [0.4, 0.5) is 0 Å². The van der Waals surface area contributed by atoms with Gasteiger partial charge in [-0.15, -0.1) is 0 Å². The Balaban J connectivity index is 4.45. The highest BCUT2D eigenvalue weighted by atomic mass is 16.6. The lowest BCUT2D eigenvalue weighted by molar-refractivity contribution is -0.889. The molecular formula is C47H75NO7. The van der Waals surface area contributed by atoms with Crippen molar-refractivity contribution in [3.8, 4) is 0 Å². The fraction of sp³-hybridized carbons (Fsp3) is 0.596. The fourth-order valence-electron chi connectivity index (χ4n) is 5.29. The van der Waals surface area contributed by atoms with Crippen LogP contribution in [-0.2, 0) is 28.6 Å². The lowest BCUT2D eigenvalue weighted by atomic mass is 10.1. The van der Waals surface area contributed by atoms with Crippen LogP contribution in [0.1, 0.15) is 129 Å². The monoisotopic (exact) mass is 766 g/mol. The molecule has 0 rings (SSSR count). The van der Waals surface area contributed by atoms with Crippen LogP contribution in [0.3, 0.4) is 0 Å². The van der Waals surface area contributed by atoms with Crippen LogP contribution in [0.25, 0.3) is 0 Å². The summed E-state index contributed by atoms with van der Waals surface area (Å²) in [5, 5.41) is 11.6. The van der Waals surface area contributed by atoms with Crippen LogP contribution in [0.15, 0.2) is 97.2 Å². The number of unbranched alkanes of at least 4 members (excludes halogenated alkanes) is 5. The van der Waals surface area contributed by atoms with Crippen molar-refractivity contribution in [2.75, 3.05) is 41.0 Å². The Hall–Kier alpha value is -3.75. The van der Waals surface area contributed by atoms with Crippen molar-refractivity contribution in [3.63, 3.8) is 0 Å². The molecule has 0 aliphatic heterocycles. The van der Waals surface area contributed by atoms with Gasteiger partial charge in [-0.1, -0.05) is 124 Å². The molecule has 8 heteroatoms. The summed E-state index contributed by atoms with van der Waals surface area (Å²) in [6, 6.07) is -0.743. The normalized spacial score (nSPS) is 14.0. The van der Waals surface area contributed by atoms with Gasteiger partial charge >= 0.3 is 11.9 Å². The number of hydrogen-bond acceptors (Lipinski definition) is 7. The van der Waals surface area contributed by atoms with Crippen molar-refractivity contribution < 1.29 is 38.2 Å².